The molecule has 5 nitrogen and oxygen atoms in total. The van der Waals surface area contributed by atoms with E-state index in [1.807, 2.05) is 16.9 Å². The molecule has 88 valence electrons. The van der Waals surface area contributed by atoms with Crippen LogP contribution in [0, 0.1) is 5.92 Å². The number of aromatic nitrogens is 2. The van der Waals surface area contributed by atoms with Crippen LogP contribution in [0.1, 0.15) is 6.92 Å². The molecule has 1 heterocycles. The van der Waals surface area contributed by atoms with Crippen molar-refractivity contribution in [3.05, 3.63) is 31.1 Å². The molecule has 0 aliphatic heterocycles. The summed E-state index contributed by atoms with van der Waals surface area (Å²) < 4.78 is 1.86. The van der Waals surface area contributed by atoms with Gasteiger partial charge in [-0.05, 0) is 12.0 Å². The van der Waals surface area contributed by atoms with Crippen molar-refractivity contribution in [2.24, 2.45) is 5.92 Å². The van der Waals surface area contributed by atoms with E-state index in [4.69, 9.17) is 0 Å². The number of nitrogens with zero attached hydrogens (tertiary/aromatic N) is 2. The molecular weight excluding hydrogens is 204 g/mol. The topological polar surface area (TPSA) is 59.0 Å². The Morgan fingerprint density at radius 3 is 3.06 bits per heavy atom. The zero-order valence-electron chi connectivity index (χ0n) is 9.52. The number of nitrogens with one attached hydrogen (secondary N) is 2. The second kappa shape index (κ2) is 6.66. The van der Waals surface area contributed by atoms with Crippen LogP contribution < -0.4 is 10.6 Å². The van der Waals surface area contributed by atoms with E-state index in [2.05, 4.69) is 29.2 Å². The molecule has 0 bridgehead atoms. The molecule has 1 unspecified atom stereocenters. The predicted octanol–water partition coefficient (Wildman–Crippen LogP) is 1.00. The fourth-order valence-electron chi connectivity index (χ4n) is 1.29. The lowest BCUT2D eigenvalue weighted by Crippen LogP contribution is -2.38. The maximum Gasteiger partial charge on any atom is 0.315 e. The van der Waals surface area contributed by atoms with Crippen LogP contribution in [0.25, 0.3) is 0 Å². The third-order valence-corrected chi connectivity index (χ3v) is 2.08. The Bertz CT molecular complexity index is 321. The average molecular weight is 222 g/mol. The Morgan fingerprint density at radius 1 is 1.62 bits per heavy atom. The largest absolute Gasteiger partial charge is 0.338 e. The molecule has 0 radical (unpaired) electrons. The monoisotopic (exact) mass is 222 g/mol. The highest BCUT2D eigenvalue weighted by Crippen LogP contribution is 1.97. The standard InChI is InChI=1S/C11H18N4O/c1-3-5-12-11(16)13-8-10(2)9-15-7-4-6-14-15/h3-4,6-7,10H,1,5,8-9H2,2H3,(H2,12,13,16). The first kappa shape index (κ1) is 12.3. The lowest BCUT2D eigenvalue weighted by atomic mass is 10.2. The number of amides is 2. The number of carbonyl (C=O) groups is 1. The minimum atomic E-state index is -0.160. The molecule has 0 aromatic carbocycles. The Hall–Kier alpha value is -1.78. The van der Waals surface area contributed by atoms with Gasteiger partial charge in [0.05, 0.1) is 0 Å². The summed E-state index contributed by atoms with van der Waals surface area (Å²) in [5.41, 5.74) is 0. The van der Waals surface area contributed by atoms with Crippen molar-refractivity contribution < 1.29 is 4.79 Å². The number of urea groups is 1. The van der Waals surface area contributed by atoms with Crippen molar-refractivity contribution in [2.45, 2.75) is 13.5 Å². The highest BCUT2D eigenvalue weighted by atomic mass is 16.2. The first-order chi connectivity index (χ1) is 7.72. The number of rotatable bonds is 6. The van der Waals surface area contributed by atoms with Crippen LogP contribution in [0.15, 0.2) is 31.1 Å². The maximum atomic E-state index is 11.2. The lowest BCUT2D eigenvalue weighted by Gasteiger charge is -2.12. The van der Waals surface area contributed by atoms with Gasteiger partial charge in [0.1, 0.15) is 0 Å². The highest BCUT2D eigenvalue weighted by molar-refractivity contribution is 5.73. The summed E-state index contributed by atoms with van der Waals surface area (Å²) in [5.74, 6) is 0.342. The Balaban J connectivity index is 2.17. The molecule has 5 heteroatoms. The van der Waals surface area contributed by atoms with Gasteiger partial charge in [-0.1, -0.05) is 13.0 Å². The van der Waals surface area contributed by atoms with E-state index in [0.717, 1.165) is 6.54 Å². The molecule has 2 amide bonds. The Labute approximate surface area is 95.5 Å². The molecule has 0 saturated carbocycles. The maximum absolute atomic E-state index is 11.2. The molecule has 0 saturated heterocycles. The van der Waals surface area contributed by atoms with Crippen LogP contribution in [-0.2, 0) is 6.54 Å². The summed E-state index contributed by atoms with van der Waals surface area (Å²) in [4.78, 5) is 11.2. The fourth-order valence-corrected chi connectivity index (χ4v) is 1.29. The van der Waals surface area contributed by atoms with Gasteiger partial charge < -0.3 is 10.6 Å². The molecule has 0 aliphatic carbocycles. The second-order valence-electron chi connectivity index (χ2n) is 3.71. The van der Waals surface area contributed by atoms with Crippen molar-refractivity contribution in [1.29, 1.82) is 0 Å². The molecule has 2 N–H and O–H groups in total. The summed E-state index contributed by atoms with van der Waals surface area (Å²) >= 11 is 0. The molecule has 1 aromatic heterocycles. The molecular formula is C11H18N4O. The van der Waals surface area contributed by atoms with Crippen LogP contribution in [0.3, 0.4) is 0 Å². The molecule has 16 heavy (non-hydrogen) atoms. The summed E-state index contributed by atoms with van der Waals surface area (Å²) in [6, 6.07) is 1.73. The molecule has 1 rings (SSSR count). The van der Waals surface area contributed by atoms with Gasteiger partial charge in [0, 0.05) is 32.0 Å². The quantitative estimate of drug-likeness (QED) is 0.706. The smallest absolute Gasteiger partial charge is 0.315 e. The van der Waals surface area contributed by atoms with Gasteiger partial charge in [-0.25, -0.2) is 4.79 Å². The SMILES string of the molecule is C=CCNC(=O)NCC(C)Cn1cccn1. The molecule has 0 spiro atoms. The Morgan fingerprint density at radius 2 is 2.44 bits per heavy atom. The van der Waals surface area contributed by atoms with Gasteiger partial charge in [-0.3, -0.25) is 4.68 Å². The van der Waals surface area contributed by atoms with E-state index >= 15 is 0 Å². The zero-order valence-corrected chi connectivity index (χ0v) is 9.52. The molecule has 0 aliphatic rings. The van der Waals surface area contributed by atoms with Gasteiger partial charge in [0.2, 0.25) is 0 Å². The third kappa shape index (κ3) is 4.63. The van der Waals surface area contributed by atoms with Crippen molar-refractivity contribution in [2.75, 3.05) is 13.1 Å². The average Bonchev–Trinajstić information content (AvgIpc) is 2.76. The normalized spacial score (nSPS) is 11.8. The lowest BCUT2D eigenvalue weighted by molar-refractivity contribution is 0.239. The van der Waals surface area contributed by atoms with Gasteiger partial charge >= 0.3 is 6.03 Å². The van der Waals surface area contributed by atoms with E-state index in [0.29, 0.717) is 19.0 Å². The summed E-state index contributed by atoms with van der Waals surface area (Å²) in [7, 11) is 0. The molecule has 1 aromatic rings. The number of hydrogen-bond donors (Lipinski definition) is 2. The minimum absolute atomic E-state index is 0.160. The fraction of sp³-hybridized carbons (Fsp3) is 0.455. The van der Waals surface area contributed by atoms with Crippen molar-refractivity contribution in [3.63, 3.8) is 0 Å². The van der Waals surface area contributed by atoms with Gasteiger partial charge in [0.15, 0.2) is 0 Å². The van der Waals surface area contributed by atoms with Crippen molar-refractivity contribution in [1.82, 2.24) is 20.4 Å². The second-order valence-corrected chi connectivity index (χ2v) is 3.71. The van der Waals surface area contributed by atoms with Gasteiger partial charge in [-0.15, -0.1) is 6.58 Å². The van der Waals surface area contributed by atoms with Crippen LogP contribution in [0.2, 0.25) is 0 Å². The van der Waals surface area contributed by atoms with E-state index < -0.39 is 0 Å². The first-order valence-corrected chi connectivity index (χ1v) is 5.32. The summed E-state index contributed by atoms with van der Waals surface area (Å²) in [5, 5.41) is 9.55. The molecule has 1 atom stereocenters. The van der Waals surface area contributed by atoms with E-state index in [9.17, 15) is 4.79 Å². The van der Waals surface area contributed by atoms with Gasteiger partial charge in [-0.2, -0.15) is 5.10 Å². The number of hydrogen-bond acceptors (Lipinski definition) is 2. The van der Waals surface area contributed by atoms with Crippen LogP contribution in [0.4, 0.5) is 4.79 Å². The zero-order chi connectivity index (χ0) is 11.8. The summed E-state index contributed by atoms with van der Waals surface area (Å²) in [6.07, 6.45) is 5.30. The summed E-state index contributed by atoms with van der Waals surface area (Å²) in [6.45, 7) is 7.50. The van der Waals surface area contributed by atoms with E-state index in [1.165, 1.54) is 0 Å². The van der Waals surface area contributed by atoms with Crippen LogP contribution in [-0.4, -0.2) is 28.9 Å². The Kier molecular flexibility index (Phi) is 5.11. The van der Waals surface area contributed by atoms with Crippen LogP contribution >= 0.6 is 0 Å². The minimum Gasteiger partial charge on any atom is -0.338 e. The number of carbonyl (C=O) groups excluding carboxylic acids is 1. The highest BCUT2D eigenvalue weighted by Gasteiger charge is 2.05. The van der Waals surface area contributed by atoms with E-state index in [-0.39, 0.29) is 6.03 Å². The molecule has 0 fully saturated rings. The predicted molar refractivity (Wildman–Crippen MR) is 63.0 cm³/mol. The van der Waals surface area contributed by atoms with Crippen molar-refractivity contribution >= 4 is 6.03 Å². The van der Waals surface area contributed by atoms with Gasteiger partial charge in [0.25, 0.3) is 0 Å². The first-order valence-electron chi connectivity index (χ1n) is 5.32. The van der Waals surface area contributed by atoms with E-state index in [1.54, 1.807) is 12.3 Å². The van der Waals surface area contributed by atoms with Crippen molar-refractivity contribution in [3.8, 4) is 0 Å². The van der Waals surface area contributed by atoms with Crippen LogP contribution in [0.5, 0.6) is 0 Å². The third-order valence-electron chi connectivity index (χ3n) is 2.08.